The second kappa shape index (κ2) is 6.96. The molecule has 1 aliphatic carbocycles. The summed E-state index contributed by atoms with van der Waals surface area (Å²) in [6.45, 7) is 0. The van der Waals surface area contributed by atoms with Crippen molar-refractivity contribution < 1.29 is 4.79 Å². The molecular weight excluding hydrogens is 256 g/mol. The van der Waals surface area contributed by atoms with Gasteiger partial charge >= 0.3 is 0 Å². The van der Waals surface area contributed by atoms with Gasteiger partial charge in [-0.2, -0.15) is 11.8 Å². The Labute approximate surface area is 119 Å². The van der Waals surface area contributed by atoms with Crippen LogP contribution in [0.1, 0.15) is 30.4 Å². The lowest BCUT2D eigenvalue weighted by Crippen LogP contribution is -2.36. The first-order valence-corrected chi connectivity index (χ1v) is 8.28. The molecule has 0 spiro atoms. The molecule has 0 fully saturated rings. The summed E-state index contributed by atoms with van der Waals surface area (Å²) in [6, 6.07) is 5.76. The van der Waals surface area contributed by atoms with Gasteiger partial charge in [-0.15, -0.1) is 0 Å². The van der Waals surface area contributed by atoms with Crippen LogP contribution >= 0.6 is 11.8 Å². The summed E-state index contributed by atoms with van der Waals surface area (Å²) in [4.78, 5) is 12.1. The van der Waals surface area contributed by atoms with Crippen molar-refractivity contribution in [3.63, 3.8) is 0 Å². The van der Waals surface area contributed by atoms with E-state index in [-0.39, 0.29) is 5.91 Å². The molecule has 1 aromatic rings. The fourth-order valence-electron chi connectivity index (χ4n) is 2.50. The highest BCUT2D eigenvalue weighted by Crippen LogP contribution is 2.27. The summed E-state index contributed by atoms with van der Waals surface area (Å²) in [5, 5.41) is 3.01. The average molecular weight is 278 g/mol. The number of rotatable bonds is 5. The average Bonchev–Trinajstić information content (AvgIpc) is 2.45. The van der Waals surface area contributed by atoms with Crippen LogP contribution in [0.5, 0.6) is 0 Å². The minimum atomic E-state index is -0.410. The molecule has 3 N–H and O–H groups in total. The summed E-state index contributed by atoms with van der Waals surface area (Å²) in [7, 11) is 0. The highest BCUT2D eigenvalue weighted by Gasteiger charge is 2.17. The van der Waals surface area contributed by atoms with Gasteiger partial charge in [0.05, 0.1) is 6.04 Å². The number of aryl methyl sites for hydroxylation is 1. The fourth-order valence-corrected chi connectivity index (χ4v) is 2.99. The lowest BCUT2D eigenvalue weighted by Gasteiger charge is -2.20. The molecule has 0 bridgehead atoms. The van der Waals surface area contributed by atoms with E-state index in [1.165, 1.54) is 24.0 Å². The van der Waals surface area contributed by atoms with Gasteiger partial charge in [0.15, 0.2) is 0 Å². The number of amides is 1. The number of anilines is 1. The third kappa shape index (κ3) is 3.74. The predicted octanol–water partition coefficient (Wildman–Crippen LogP) is 2.58. The van der Waals surface area contributed by atoms with Gasteiger partial charge in [0, 0.05) is 5.69 Å². The summed E-state index contributed by atoms with van der Waals surface area (Å²) in [6.07, 6.45) is 7.39. The third-order valence-electron chi connectivity index (χ3n) is 3.62. The maximum Gasteiger partial charge on any atom is 0.241 e. The molecule has 0 radical (unpaired) electrons. The molecule has 104 valence electrons. The first-order chi connectivity index (χ1) is 9.22. The van der Waals surface area contributed by atoms with Crippen molar-refractivity contribution in [3.8, 4) is 0 Å². The number of hydrogen-bond acceptors (Lipinski definition) is 3. The van der Waals surface area contributed by atoms with E-state index in [9.17, 15) is 4.79 Å². The lowest BCUT2D eigenvalue weighted by molar-refractivity contribution is -0.117. The van der Waals surface area contributed by atoms with Gasteiger partial charge in [-0.3, -0.25) is 4.79 Å². The quantitative estimate of drug-likeness (QED) is 0.870. The number of hydrogen-bond donors (Lipinski definition) is 2. The minimum absolute atomic E-state index is 0.0620. The van der Waals surface area contributed by atoms with Crippen LogP contribution in [-0.2, 0) is 17.6 Å². The Hall–Kier alpha value is -1.00. The Bertz CT molecular complexity index is 448. The topological polar surface area (TPSA) is 55.1 Å². The van der Waals surface area contributed by atoms with E-state index in [0.717, 1.165) is 30.7 Å². The van der Waals surface area contributed by atoms with Crippen LogP contribution in [0.25, 0.3) is 0 Å². The molecule has 1 atom stereocenters. The van der Waals surface area contributed by atoms with Crippen LogP contribution in [0.3, 0.4) is 0 Å². The third-order valence-corrected chi connectivity index (χ3v) is 4.27. The predicted molar refractivity (Wildman–Crippen MR) is 82.7 cm³/mol. The Kier molecular flexibility index (Phi) is 5.28. The molecule has 0 saturated heterocycles. The standard InChI is InChI=1S/C15H22N2OS/c1-19-10-9-13(16)15(18)17-14-8-4-6-11-5-2-3-7-12(11)14/h4,6,8,13H,2-3,5,7,9-10,16H2,1H3,(H,17,18)/t13-/m1/s1. The van der Waals surface area contributed by atoms with Gasteiger partial charge in [0.25, 0.3) is 0 Å². The van der Waals surface area contributed by atoms with Crippen LogP contribution < -0.4 is 11.1 Å². The molecule has 0 unspecified atom stereocenters. The van der Waals surface area contributed by atoms with E-state index in [2.05, 4.69) is 11.4 Å². The van der Waals surface area contributed by atoms with Crippen molar-refractivity contribution in [2.75, 3.05) is 17.3 Å². The molecule has 19 heavy (non-hydrogen) atoms. The summed E-state index contributed by atoms with van der Waals surface area (Å²) in [5.74, 6) is 0.856. The highest BCUT2D eigenvalue weighted by atomic mass is 32.2. The number of fused-ring (bicyclic) bond motifs is 1. The van der Waals surface area contributed by atoms with E-state index >= 15 is 0 Å². The monoisotopic (exact) mass is 278 g/mol. The van der Waals surface area contributed by atoms with Crippen molar-refractivity contribution in [1.29, 1.82) is 0 Å². The van der Waals surface area contributed by atoms with Crippen LogP contribution in [-0.4, -0.2) is 24.0 Å². The summed E-state index contributed by atoms with van der Waals surface area (Å²) < 4.78 is 0. The normalized spacial score (nSPS) is 15.7. The molecule has 0 heterocycles. The molecule has 1 amide bonds. The largest absolute Gasteiger partial charge is 0.324 e. The van der Waals surface area contributed by atoms with Gasteiger partial charge in [-0.25, -0.2) is 0 Å². The van der Waals surface area contributed by atoms with Crippen molar-refractivity contribution >= 4 is 23.4 Å². The maximum absolute atomic E-state index is 12.1. The molecule has 1 aromatic carbocycles. The van der Waals surface area contributed by atoms with Crippen molar-refractivity contribution in [1.82, 2.24) is 0 Å². The lowest BCUT2D eigenvalue weighted by atomic mass is 9.90. The molecular formula is C15H22N2OS. The maximum atomic E-state index is 12.1. The Morgan fingerprint density at radius 2 is 2.21 bits per heavy atom. The van der Waals surface area contributed by atoms with Crippen LogP contribution in [0.4, 0.5) is 5.69 Å². The zero-order valence-corrected chi connectivity index (χ0v) is 12.3. The van der Waals surface area contributed by atoms with Crippen LogP contribution in [0.15, 0.2) is 18.2 Å². The van der Waals surface area contributed by atoms with E-state index in [0.29, 0.717) is 0 Å². The second-order valence-corrected chi connectivity index (χ2v) is 6.01. The first-order valence-electron chi connectivity index (χ1n) is 6.88. The van der Waals surface area contributed by atoms with Gasteiger partial charge in [0.2, 0.25) is 5.91 Å². The van der Waals surface area contributed by atoms with Crippen molar-refractivity contribution in [2.45, 2.75) is 38.1 Å². The fraction of sp³-hybridized carbons (Fsp3) is 0.533. The highest BCUT2D eigenvalue weighted by molar-refractivity contribution is 7.98. The number of benzene rings is 1. The first kappa shape index (κ1) is 14.4. The van der Waals surface area contributed by atoms with Crippen molar-refractivity contribution in [2.24, 2.45) is 5.73 Å². The van der Waals surface area contributed by atoms with Gasteiger partial charge in [-0.1, -0.05) is 12.1 Å². The summed E-state index contributed by atoms with van der Waals surface area (Å²) in [5.41, 5.74) is 9.54. The zero-order chi connectivity index (χ0) is 13.7. The number of thioether (sulfide) groups is 1. The molecule has 2 rings (SSSR count). The molecule has 1 aliphatic rings. The van der Waals surface area contributed by atoms with E-state index in [4.69, 9.17) is 5.73 Å². The molecule has 3 nitrogen and oxygen atoms in total. The second-order valence-electron chi connectivity index (χ2n) is 5.03. The Morgan fingerprint density at radius 3 is 3.00 bits per heavy atom. The molecule has 0 aromatic heterocycles. The molecule has 0 aliphatic heterocycles. The number of nitrogens with one attached hydrogen (secondary N) is 1. The smallest absolute Gasteiger partial charge is 0.241 e. The van der Waals surface area contributed by atoms with Crippen LogP contribution in [0.2, 0.25) is 0 Å². The Morgan fingerprint density at radius 1 is 1.42 bits per heavy atom. The Balaban J connectivity index is 2.04. The minimum Gasteiger partial charge on any atom is -0.324 e. The molecule has 0 saturated carbocycles. The van der Waals surface area contributed by atoms with Gasteiger partial charge in [0.1, 0.15) is 0 Å². The zero-order valence-electron chi connectivity index (χ0n) is 11.4. The van der Waals surface area contributed by atoms with E-state index in [1.807, 2.05) is 18.4 Å². The number of carbonyl (C=O) groups is 1. The number of carbonyl (C=O) groups excluding carboxylic acids is 1. The van der Waals surface area contributed by atoms with Gasteiger partial charge in [-0.05, 0) is 61.3 Å². The SMILES string of the molecule is CSCC[C@@H](N)C(=O)Nc1cccc2c1CCCC2. The van der Waals surface area contributed by atoms with E-state index < -0.39 is 6.04 Å². The van der Waals surface area contributed by atoms with E-state index in [1.54, 1.807) is 11.8 Å². The number of nitrogens with two attached hydrogens (primary N) is 1. The van der Waals surface area contributed by atoms with Crippen molar-refractivity contribution in [3.05, 3.63) is 29.3 Å². The van der Waals surface area contributed by atoms with Gasteiger partial charge < -0.3 is 11.1 Å². The van der Waals surface area contributed by atoms with Crippen LogP contribution in [0, 0.1) is 0 Å². The summed E-state index contributed by atoms with van der Waals surface area (Å²) >= 11 is 1.72. The molecule has 4 heteroatoms.